The van der Waals surface area contributed by atoms with Gasteiger partial charge in [0.25, 0.3) is 0 Å². The van der Waals surface area contributed by atoms with E-state index in [-0.39, 0.29) is 5.92 Å². The molecule has 3 heteroatoms. The molecule has 1 amide bonds. The van der Waals surface area contributed by atoms with E-state index in [2.05, 4.69) is 47.9 Å². The molecule has 2 aliphatic heterocycles. The van der Waals surface area contributed by atoms with Crippen molar-refractivity contribution in [1.29, 1.82) is 0 Å². The third-order valence-corrected chi connectivity index (χ3v) is 5.39. The van der Waals surface area contributed by atoms with Crippen LogP contribution in [0.1, 0.15) is 43.7 Å². The van der Waals surface area contributed by atoms with Crippen molar-refractivity contribution in [1.82, 2.24) is 9.80 Å². The quantitative estimate of drug-likeness (QED) is 0.853. The maximum atomic E-state index is 12.7. The smallest absolute Gasteiger partial charge is 0.225 e. The molecule has 2 heterocycles. The Kier molecular flexibility index (Phi) is 5.37. The van der Waals surface area contributed by atoms with Crippen LogP contribution in [0.15, 0.2) is 24.3 Å². The number of likely N-dealkylation sites (tertiary alicyclic amines) is 2. The van der Waals surface area contributed by atoms with Gasteiger partial charge in [0, 0.05) is 25.6 Å². The first-order valence-corrected chi connectivity index (χ1v) is 9.18. The van der Waals surface area contributed by atoms with Crippen LogP contribution in [0.25, 0.3) is 0 Å². The Labute approximate surface area is 140 Å². The summed E-state index contributed by atoms with van der Waals surface area (Å²) < 4.78 is 0. The Bertz CT molecular complexity index is 534. The number of aryl methyl sites for hydroxylation is 1. The standard InChI is InChI=1S/C20H30N2O/c1-16-5-3-7-18(13-16)15-21-11-8-19(9-12-21)20(23)22-10-4-6-17(2)14-22/h3,5,7,13,17,19H,4,6,8-12,14-15H2,1-2H3/t17-/m1/s1. The van der Waals surface area contributed by atoms with Gasteiger partial charge < -0.3 is 4.90 Å². The molecule has 1 aromatic rings. The van der Waals surface area contributed by atoms with Gasteiger partial charge in [-0.3, -0.25) is 9.69 Å². The number of carbonyl (C=O) groups excluding carboxylic acids is 1. The minimum Gasteiger partial charge on any atom is -0.342 e. The Morgan fingerprint density at radius 1 is 1.17 bits per heavy atom. The molecule has 0 bridgehead atoms. The average molecular weight is 314 g/mol. The SMILES string of the molecule is Cc1cccc(CN2CCC(C(=O)N3CCC[C@@H](C)C3)CC2)c1. The maximum Gasteiger partial charge on any atom is 0.225 e. The summed E-state index contributed by atoms with van der Waals surface area (Å²) in [6.45, 7) is 9.48. The van der Waals surface area contributed by atoms with Crippen molar-refractivity contribution in [2.24, 2.45) is 11.8 Å². The van der Waals surface area contributed by atoms with Crippen molar-refractivity contribution in [3.8, 4) is 0 Å². The molecule has 3 rings (SSSR count). The molecule has 0 unspecified atom stereocenters. The summed E-state index contributed by atoms with van der Waals surface area (Å²) in [5.41, 5.74) is 2.71. The van der Waals surface area contributed by atoms with Crippen molar-refractivity contribution in [2.45, 2.75) is 46.1 Å². The van der Waals surface area contributed by atoms with Gasteiger partial charge in [-0.1, -0.05) is 36.8 Å². The van der Waals surface area contributed by atoms with Crippen molar-refractivity contribution >= 4 is 5.91 Å². The number of rotatable bonds is 3. The van der Waals surface area contributed by atoms with E-state index in [0.29, 0.717) is 11.8 Å². The minimum absolute atomic E-state index is 0.258. The van der Waals surface area contributed by atoms with E-state index in [1.54, 1.807) is 0 Å². The largest absolute Gasteiger partial charge is 0.342 e. The van der Waals surface area contributed by atoms with Crippen molar-refractivity contribution < 1.29 is 4.79 Å². The second-order valence-electron chi connectivity index (χ2n) is 7.57. The molecule has 2 aliphatic rings. The molecular formula is C20H30N2O. The van der Waals surface area contributed by atoms with Crippen LogP contribution in [0, 0.1) is 18.8 Å². The molecule has 2 fully saturated rings. The lowest BCUT2D eigenvalue weighted by Crippen LogP contribution is -2.45. The molecule has 0 spiro atoms. The second kappa shape index (κ2) is 7.48. The Hall–Kier alpha value is -1.35. The van der Waals surface area contributed by atoms with Crippen LogP contribution in [-0.4, -0.2) is 41.9 Å². The van der Waals surface area contributed by atoms with Crippen molar-refractivity contribution in [3.63, 3.8) is 0 Å². The van der Waals surface area contributed by atoms with Crippen molar-refractivity contribution in [2.75, 3.05) is 26.2 Å². The van der Waals surface area contributed by atoms with Gasteiger partial charge >= 0.3 is 0 Å². The van der Waals surface area contributed by atoms with Gasteiger partial charge in [-0.05, 0) is 57.2 Å². The van der Waals surface area contributed by atoms with Gasteiger partial charge in [-0.15, -0.1) is 0 Å². The molecule has 0 N–H and O–H groups in total. The number of carbonyl (C=O) groups is 1. The number of hydrogen-bond acceptors (Lipinski definition) is 2. The van der Waals surface area contributed by atoms with E-state index >= 15 is 0 Å². The summed E-state index contributed by atoms with van der Waals surface area (Å²) in [6, 6.07) is 8.76. The van der Waals surface area contributed by atoms with Gasteiger partial charge in [0.2, 0.25) is 5.91 Å². The monoisotopic (exact) mass is 314 g/mol. The first kappa shape index (κ1) is 16.5. The van der Waals surface area contributed by atoms with Gasteiger partial charge in [-0.25, -0.2) is 0 Å². The van der Waals surface area contributed by atoms with E-state index in [1.807, 2.05) is 0 Å². The molecule has 0 aromatic heterocycles. The van der Waals surface area contributed by atoms with Gasteiger partial charge in [0.15, 0.2) is 0 Å². The predicted molar refractivity (Wildman–Crippen MR) is 94.2 cm³/mol. The zero-order chi connectivity index (χ0) is 16.2. The minimum atomic E-state index is 0.258. The van der Waals surface area contributed by atoms with Crippen LogP contribution in [0.5, 0.6) is 0 Å². The summed E-state index contributed by atoms with van der Waals surface area (Å²) >= 11 is 0. The molecular weight excluding hydrogens is 284 g/mol. The first-order valence-electron chi connectivity index (χ1n) is 9.18. The normalized spacial score (nSPS) is 23.9. The summed E-state index contributed by atoms with van der Waals surface area (Å²) in [7, 11) is 0. The Morgan fingerprint density at radius 3 is 2.65 bits per heavy atom. The van der Waals surface area contributed by atoms with E-state index < -0.39 is 0 Å². The Balaban J connectivity index is 1.49. The first-order chi connectivity index (χ1) is 11.1. The summed E-state index contributed by atoms with van der Waals surface area (Å²) in [6.07, 6.45) is 4.50. The van der Waals surface area contributed by atoms with Crippen LogP contribution in [0.4, 0.5) is 0 Å². The van der Waals surface area contributed by atoms with Gasteiger partial charge in [0.1, 0.15) is 0 Å². The van der Waals surface area contributed by atoms with Crippen LogP contribution in [-0.2, 0) is 11.3 Å². The lowest BCUT2D eigenvalue weighted by atomic mass is 9.92. The van der Waals surface area contributed by atoms with Crippen LogP contribution < -0.4 is 0 Å². The summed E-state index contributed by atoms with van der Waals surface area (Å²) in [5, 5.41) is 0. The predicted octanol–water partition coefficient (Wildman–Crippen LogP) is 3.47. The molecule has 1 atom stereocenters. The van der Waals surface area contributed by atoms with Crippen molar-refractivity contribution in [3.05, 3.63) is 35.4 Å². The average Bonchev–Trinajstić information content (AvgIpc) is 2.55. The Morgan fingerprint density at radius 2 is 1.96 bits per heavy atom. The lowest BCUT2D eigenvalue weighted by molar-refractivity contribution is -0.138. The number of hydrogen-bond donors (Lipinski definition) is 0. The highest BCUT2D eigenvalue weighted by Crippen LogP contribution is 2.24. The molecule has 3 nitrogen and oxygen atoms in total. The zero-order valence-corrected chi connectivity index (χ0v) is 14.6. The number of piperidine rings is 2. The van der Waals surface area contributed by atoms with E-state index in [1.165, 1.54) is 24.0 Å². The van der Waals surface area contributed by atoms with Gasteiger partial charge in [-0.2, -0.15) is 0 Å². The molecule has 126 valence electrons. The fraction of sp³-hybridized carbons (Fsp3) is 0.650. The second-order valence-corrected chi connectivity index (χ2v) is 7.57. The number of nitrogens with zero attached hydrogens (tertiary/aromatic N) is 2. The molecule has 0 saturated carbocycles. The fourth-order valence-electron chi connectivity index (χ4n) is 4.05. The molecule has 2 saturated heterocycles. The van der Waals surface area contributed by atoms with Gasteiger partial charge in [0.05, 0.1) is 0 Å². The molecule has 1 aromatic carbocycles. The highest BCUT2D eigenvalue weighted by molar-refractivity contribution is 5.79. The molecule has 0 aliphatic carbocycles. The summed E-state index contributed by atoms with van der Waals surface area (Å²) in [5.74, 6) is 1.36. The van der Waals surface area contributed by atoms with Crippen LogP contribution in [0.2, 0.25) is 0 Å². The topological polar surface area (TPSA) is 23.6 Å². The van der Waals surface area contributed by atoms with Crippen LogP contribution >= 0.6 is 0 Å². The third-order valence-electron chi connectivity index (χ3n) is 5.39. The summed E-state index contributed by atoms with van der Waals surface area (Å²) in [4.78, 5) is 17.3. The zero-order valence-electron chi connectivity index (χ0n) is 14.6. The highest BCUT2D eigenvalue weighted by atomic mass is 16.2. The number of benzene rings is 1. The lowest BCUT2D eigenvalue weighted by Gasteiger charge is -2.37. The molecule has 0 radical (unpaired) electrons. The number of amides is 1. The third kappa shape index (κ3) is 4.35. The fourth-order valence-corrected chi connectivity index (χ4v) is 4.05. The van der Waals surface area contributed by atoms with E-state index in [4.69, 9.17) is 0 Å². The highest BCUT2D eigenvalue weighted by Gasteiger charge is 2.30. The van der Waals surface area contributed by atoms with E-state index in [0.717, 1.165) is 45.6 Å². The molecule has 23 heavy (non-hydrogen) atoms. The maximum absolute atomic E-state index is 12.7. The van der Waals surface area contributed by atoms with Crippen LogP contribution in [0.3, 0.4) is 0 Å². The van der Waals surface area contributed by atoms with E-state index in [9.17, 15) is 4.79 Å².